The van der Waals surface area contributed by atoms with Gasteiger partial charge in [-0.05, 0) is 5.82 Å². The van der Waals surface area contributed by atoms with Gasteiger partial charge < -0.3 is 0 Å². The maximum Gasteiger partial charge on any atom is 0.110 e. The number of hydrogen-bond donors (Lipinski definition) is 0. The Morgan fingerprint density at radius 2 is 1.62 bits per heavy atom. The monoisotopic (exact) mass is 114 g/mol. The minimum absolute atomic E-state index is 0.00463. The summed E-state index contributed by atoms with van der Waals surface area (Å²) in [6.45, 7) is 0.373. The topological polar surface area (TPSA) is 58.9 Å². The van der Waals surface area contributed by atoms with Crippen molar-refractivity contribution in [2.24, 2.45) is 10.4 Å². The van der Waals surface area contributed by atoms with E-state index in [2.05, 4.69) is 10.4 Å². The van der Waals surface area contributed by atoms with E-state index in [1.165, 1.54) is 0 Å². The summed E-state index contributed by atoms with van der Waals surface area (Å²) in [4.78, 5) is 19.0. The third kappa shape index (κ3) is 3.45. The molecule has 0 aliphatic rings. The van der Waals surface area contributed by atoms with E-state index in [0.29, 0.717) is 0 Å². The molecule has 0 unspecified atom stereocenters. The SMILES string of the molecule is BC(CN=O)CN=O. The maximum atomic E-state index is 9.50. The fourth-order valence-corrected chi connectivity index (χ4v) is 0.312. The van der Waals surface area contributed by atoms with E-state index in [1.54, 1.807) is 7.85 Å². The summed E-state index contributed by atoms with van der Waals surface area (Å²) in [6.07, 6.45) is 0. The number of nitroso groups, excluding NO2 is 2. The van der Waals surface area contributed by atoms with Crippen LogP contribution in [0.5, 0.6) is 0 Å². The van der Waals surface area contributed by atoms with Gasteiger partial charge in [0.05, 0.1) is 13.1 Å². The van der Waals surface area contributed by atoms with Crippen LogP contribution in [0.25, 0.3) is 0 Å². The Morgan fingerprint density at radius 3 is 1.88 bits per heavy atom. The zero-order valence-corrected chi connectivity index (χ0v) is 4.70. The van der Waals surface area contributed by atoms with E-state index in [0.717, 1.165) is 0 Å². The molecule has 44 valence electrons. The van der Waals surface area contributed by atoms with E-state index < -0.39 is 0 Å². The van der Waals surface area contributed by atoms with Gasteiger partial charge in [0, 0.05) is 0 Å². The largest absolute Gasteiger partial charge is 0.151 e. The van der Waals surface area contributed by atoms with Crippen LogP contribution in [0.4, 0.5) is 0 Å². The summed E-state index contributed by atoms with van der Waals surface area (Å²) in [5.74, 6) is 0.00463. The van der Waals surface area contributed by atoms with Gasteiger partial charge in [0.15, 0.2) is 0 Å². The van der Waals surface area contributed by atoms with Gasteiger partial charge in [0.25, 0.3) is 0 Å². The van der Waals surface area contributed by atoms with Gasteiger partial charge in [-0.25, -0.2) is 0 Å². The Kier molecular flexibility index (Phi) is 4.02. The lowest BCUT2D eigenvalue weighted by molar-refractivity contribution is 0.833. The molecule has 0 heterocycles. The van der Waals surface area contributed by atoms with E-state index in [1.807, 2.05) is 0 Å². The summed E-state index contributed by atoms with van der Waals surface area (Å²) < 4.78 is 0. The minimum atomic E-state index is 0.00463. The van der Waals surface area contributed by atoms with E-state index in [-0.39, 0.29) is 18.9 Å². The first-order chi connectivity index (χ1) is 3.81. The van der Waals surface area contributed by atoms with Crippen LogP contribution in [-0.2, 0) is 0 Å². The van der Waals surface area contributed by atoms with Crippen LogP contribution in [0.1, 0.15) is 0 Å². The van der Waals surface area contributed by atoms with Gasteiger partial charge in [-0.15, -0.1) is 0 Å². The smallest absolute Gasteiger partial charge is 0.110 e. The number of nitrogens with zero attached hydrogens (tertiary/aromatic N) is 2. The van der Waals surface area contributed by atoms with Gasteiger partial charge in [-0.3, -0.25) is 0 Å². The molecule has 0 aliphatic carbocycles. The molecular weight excluding hydrogens is 107 g/mol. The molecule has 0 aliphatic heterocycles. The molecule has 0 saturated carbocycles. The second-order valence-electron chi connectivity index (χ2n) is 1.73. The highest BCUT2D eigenvalue weighted by atomic mass is 16.3. The van der Waals surface area contributed by atoms with Crippen LogP contribution in [-0.4, -0.2) is 20.9 Å². The van der Waals surface area contributed by atoms with Crippen LogP contribution in [0.3, 0.4) is 0 Å². The van der Waals surface area contributed by atoms with Crippen LogP contribution in [0, 0.1) is 9.81 Å². The van der Waals surface area contributed by atoms with Crippen molar-refractivity contribution in [1.29, 1.82) is 0 Å². The summed E-state index contributed by atoms with van der Waals surface area (Å²) >= 11 is 0. The van der Waals surface area contributed by atoms with Crippen molar-refractivity contribution < 1.29 is 0 Å². The first-order valence-electron chi connectivity index (χ1n) is 2.39. The Balaban J connectivity index is 3.16. The molecule has 8 heavy (non-hydrogen) atoms. The van der Waals surface area contributed by atoms with Crippen molar-refractivity contribution in [3.8, 4) is 0 Å². The second-order valence-corrected chi connectivity index (χ2v) is 1.73. The first-order valence-corrected chi connectivity index (χ1v) is 2.39. The molecule has 0 aromatic heterocycles. The van der Waals surface area contributed by atoms with Crippen LogP contribution < -0.4 is 0 Å². The van der Waals surface area contributed by atoms with E-state index in [4.69, 9.17) is 0 Å². The normalized spacial score (nSPS) is 9.12. The molecule has 0 spiro atoms. The van der Waals surface area contributed by atoms with Crippen LogP contribution >= 0.6 is 0 Å². The third-order valence-electron chi connectivity index (χ3n) is 0.772. The Labute approximate surface area is 48.0 Å². The summed E-state index contributed by atoms with van der Waals surface area (Å²) in [7, 11) is 1.75. The second kappa shape index (κ2) is 4.42. The van der Waals surface area contributed by atoms with Crippen molar-refractivity contribution in [2.45, 2.75) is 5.82 Å². The molecule has 4 nitrogen and oxygen atoms in total. The molecule has 0 saturated heterocycles. The predicted molar refractivity (Wildman–Crippen MR) is 33.6 cm³/mol. The highest BCUT2D eigenvalue weighted by molar-refractivity contribution is 6.12. The standard InChI is InChI=1S/C3H7BN2O2/c4-3(1-5-7)2-6-8/h3H,1-2,4H2. The van der Waals surface area contributed by atoms with Gasteiger partial charge in [0.1, 0.15) is 7.85 Å². The van der Waals surface area contributed by atoms with Crippen LogP contribution in [0.2, 0.25) is 5.82 Å². The van der Waals surface area contributed by atoms with Crippen molar-refractivity contribution in [3.63, 3.8) is 0 Å². The molecule has 0 radical (unpaired) electrons. The third-order valence-corrected chi connectivity index (χ3v) is 0.772. The summed E-state index contributed by atoms with van der Waals surface area (Å²) in [6, 6.07) is 0. The average molecular weight is 114 g/mol. The lowest BCUT2D eigenvalue weighted by atomic mass is 9.88. The molecule has 0 bridgehead atoms. The highest BCUT2D eigenvalue weighted by Crippen LogP contribution is 1.97. The summed E-state index contributed by atoms with van der Waals surface area (Å²) in [5, 5.41) is 5.21. The molecule has 0 N–H and O–H groups in total. The lowest BCUT2D eigenvalue weighted by Gasteiger charge is -1.94. The molecule has 0 aromatic carbocycles. The van der Waals surface area contributed by atoms with Gasteiger partial charge >= 0.3 is 0 Å². The molecule has 0 rings (SSSR count). The van der Waals surface area contributed by atoms with Crippen molar-refractivity contribution in [3.05, 3.63) is 9.81 Å². The Morgan fingerprint density at radius 1 is 1.25 bits per heavy atom. The zero-order valence-electron chi connectivity index (χ0n) is 4.70. The Hall–Kier alpha value is -0.735. The number of hydrogen-bond acceptors (Lipinski definition) is 4. The maximum absolute atomic E-state index is 9.50. The highest BCUT2D eigenvalue weighted by Gasteiger charge is 1.99. The fraction of sp³-hybridized carbons (Fsp3) is 1.00. The van der Waals surface area contributed by atoms with Crippen molar-refractivity contribution >= 4 is 7.85 Å². The molecule has 0 aromatic rings. The van der Waals surface area contributed by atoms with Gasteiger partial charge in [-0.1, -0.05) is 10.4 Å². The summed E-state index contributed by atoms with van der Waals surface area (Å²) in [5.41, 5.74) is 0. The van der Waals surface area contributed by atoms with E-state index in [9.17, 15) is 9.81 Å². The van der Waals surface area contributed by atoms with Crippen molar-refractivity contribution in [2.75, 3.05) is 13.1 Å². The average Bonchev–Trinajstić information content (AvgIpc) is 1.68. The molecule has 0 atom stereocenters. The predicted octanol–water partition coefficient (Wildman–Crippen LogP) is -0.0592. The molecular formula is C3H7BN2O2. The van der Waals surface area contributed by atoms with Gasteiger partial charge in [-0.2, -0.15) is 9.81 Å². The van der Waals surface area contributed by atoms with Crippen LogP contribution in [0.15, 0.2) is 10.4 Å². The Bertz CT molecular complexity index is 77.4. The zero-order chi connectivity index (χ0) is 6.41. The van der Waals surface area contributed by atoms with E-state index >= 15 is 0 Å². The molecule has 0 amide bonds. The van der Waals surface area contributed by atoms with Gasteiger partial charge in [0.2, 0.25) is 0 Å². The number of rotatable bonds is 4. The molecule has 0 fully saturated rings. The fourth-order valence-electron chi connectivity index (χ4n) is 0.312. The lowest BCUT2D eigenvalue weighted by Crippen LogP contribution is -1.99. The minimum Gasteiger partial charge on any atom is -0.151 e. The first kappa shape index (κ1) is 7.26. The quantitative estimate of drug-likeness (QED) is 0.379. The molecule has 5 heteroatoms. The van der Waals surface area contributed by atoms with Crippen molar-refractivity contribution in [1.82, 2.24) is 0 Å².